The quantitative estimate of drug-likeness (QED) is 0.213. The Labute approximate surface area is 235 Å². The topological polar surface area (TPSA) is 55.0 Å². The summed E-state index contributed by atoms with van der Waals surface area (Å²) in [6, 6.07) is 31.9. The van der Waals surface area contributed by atoms with E-state index in [-0.39, 0.29) is 12.2 Å². The van der Waals surface area contributed by atoms with Gasteiger partial charge in [-0.05, 0) is 84.1 Å². The molecule has 4 nitrogen and oxygen atoms in total. The van der Waals surface area contributed by atoms with E-state index in [0.29, 0.717) is 17.1 Å². The van der Waals surface area contributed by atoms with E-state index in [1.54, 1.807) is 24.3 Å². The molecule has 41 heavy (non-hydrogen) atoms. The summed E-state index contributed by atoms with van der Waals surface area (Å²) in [6.45, 7) is 3.82. The number of nitriles is 1. The van der Waals surface area contributed by atoms with Crippen molar-refractivity contribution in [3.8, 4) is 40.0 Å². The van der Waals surface area contributed by atoms with Crippen LogP contribution in [-0.4, -0.2) is 4.57 Å². The number of aromatic nitrogens is 1. The van der Waals surface area contributed by atoms with E-state index in [1.807, 2.05) is 86.6 Å². The lowest BCUT2D eigenvalue weighted by Crippen LogP contribution is -2.29. The minimum absolute atomic E-state index is 0.0115. The summed E-state index contributed by atoms with van der Waals surface area (Å²) in [5.41, 5.74) is 1.96. The van der Waals surface area contributed by atoms with Gasteiger partial charge in [0, 0.05) is 0 Å². The van der Waals surface area contributed by atoms with Gasteiger partial charge in [0.1, 0.15) is 23.1 Å². The third-order valence-corrected chi connectivity index (χ3v) is 6.87. The first-order chi connectivity index (χ1) is 19.6. The summed E-state index contributed by atoms with van der Waals surface area (Å²) in [5.74, 6) is 1.08. The third kappa shape index (κ3) is 5.92. The second kappa shape index (κ2) is 11.2. The van der Waals surface area contributed by atoms with Gasteiger partial charge < -0.3 is 9.30 Å². The van der Waals surface area contributed by atoms with Crippen molar-refractivity contribution in [2.45, 2.75) is 26.6 Å². The van der Waals surface area contributed by atoms with Crippen molar-refractivity contribution >= 4 is 0 Å². The Morgan fingerprint density at radius 3 is 2.15 bits per heavy atom. The van der Waals surface area contributed by atoms with Gasteiger partial charge in [0.2, 0.25) is 0 Å². The molecule has 0 saturated heterocycles. The van der Waals surface area contributed by atoms with Crippen molar-refractivity contribution in [2.75, 3.05) is 0 Å². The zero-order valence-electron chi connectivity index (χ0n) is 22.4. The summed E-state index contributed by atoms with van der Waals surface area (Å²) in [5, 5.41) is 9.49. The van der Waals surface area contributed by atoms with Crippen LogP contribution in [0.4, 0.5) is 13.2 Å². The Bertz CT molecular complexity index is 1820. The average Bonchev–Trinajstić information content (AvgIpc) is 2.95. The Morgan fingerprint density at radius 1 is 0.780 bits per heavy atom. The van der Waals surface area contributed by atoms with E-state index < -0.39 is 22.9 Å². The number of pyridine rings is 1. The standard InChI is InChI=1S/C34H25F3N2O2/c1-22-11-12-27(23(2)17-22)21-39-32(19-31(34(35,36)37)30(20-38)33(39)40)25-13-15-28(16-14-25)41-29-10-6-9-26(18-29)24-7-4-3-5-8-24/h3-19H,21H2,1-2H3. The Kier molecular flexibility index (Phi) is 7.50. The molecule has 0 aliphatic rings. The lowest BCUT2D eigenvalue weighted by molar-refractivity contribution is -0.137. The molecule has 0 radical (unpaired) electrons. The van der Waals surface area contributed by atoms with Gasteiger partial charge in [-0.25, -0.2) is 0 Å². The van der Waals surface area contributed by atoms with Gasteiger partial charge in [-0.3, -0.25) is 4.79 Å². The molecule has 7 heteroatoms. The monoisotopic (exact) mass is 550 g/mol. The molecule has 0 spiro atoms. The van der Waals surface area contributed by atoms with Crippen LogP contribution in [-0.2, 0) is 12.7 Å². The normalized spacial score (nSPS) is 11.2. The number of nitrogens with zero attached hydrogens (tertiary/aromatic N) is 2. The first-order valence-corrected chi connectivity index (χ1v) is 12.9. The molecule has 5 aromatic rings. The Balaban J connectivity index is 1.54. The van der Waals surface area contributed by atoms with Gasteiger partial charge in [0.25, 0.3) is 5.56 Å². The number of hydrogen-bond acceptors (Lipinski definition) is 3. The molecule has 0 aliphatic carbocycles. The van der Waals surface area contributed by atoms with Gasteiger partial charge in [0.05, 0.1) is 17.8 Å². The van der Waals surface area contributed by atoms with Crippen LogP contribution in [0.5, 0.6) is 11.5 Å². The van der Waals surface area contributed by atoms with E-state index in [2.05, 4.69) is 0 Å². The van der Waals surface area contributed by atoms with Crippen LogP contribution in [0.3, 0.4) is 0 Å². The minimum atomic E-state index is -4.87. The predicted octanol–water partition coefficient (Wildman–Crippen LogP) is 8.53. The molecule has 0 bridgehead atoms. The molecule has 0 atom stereocenters. The molecule has 4 aromatic carbocycles. The molecule has 1 heterocycles. The number of rotatable bonds is 6. The van der Waals surface area contributed by atoms with Crippen molar-refractivity contribution in [1.82, 2.24) is 4.57 Å². The number of halogens is 3. The highest BCUT2D eigenvalue weighted by Gasteiger charge is 2.36. The molecule has 0 aliphatic heterocycles. The maximum atomic E-state index is 13.9. The predicted molar refractivity (Wildman–Crippen MR) is 153 cm³/mol. The van der Waals surface area contributed by atoms with E-state index in [0.717, 1.165) is 33.9 Å². The van der Waals surface area contributed by atoms with Crippen LogP contribution >= 0.6 is 0 Å². The first kappa shape index (κ1) is 27.5. The number of ether oxygens (including phenoxy) is 1. The number of benzene rings is 4. The number of alkyl halides is 3. The summed E-state index contributed by atoms with van der Waals surface area (Å²) >= 11 is 0. The molecule has 5 rings (SSSR count). The molecular weight excluding hydrogens is 525 g/mol. The van der Waals surface area contributed by atoms with Crippen molar-refractivity contribution in [3.05, 3.63) is 141 Å². The fraction of sp³-hybridized carbons (Fsp3) is 0.118. The van der Waals surface area contributed by atoms with Crippen molar-refractivity contribution in [3.63, 3.8) is 0 Å². The highest BCUT2D eigenvalue weighted by atomic mass is 19.4. The maximum absolute atomic E-state index is 13.9. The lowest BCUT2D eigenvalue weighted by Gasteiger charge is -2.19. The summed E-state index contributed by atoms with van der Waals surface area (Å²) in [6.07, 6.45) is -4.87. The maximum Gasteiger partial charge on any atom is 0.417 e. The third-order valence-electron chi connectivity index (χ3n) is 6.87. The molecule has 1 aromatic heterocycles. The fourth-order valence-corrected chi connectivity index (χ4v) is 4.77. The van der Waals surface area contributed by atoms with Gasteiger partial charge in [0.15, 0.2) is 0 Å². The Hall–Kier alpha value is -5.09. The Morgan fingerprint density at radius 2 is 1.49 bits per heavy atom. The van der Waals surface area contributed by atoms with Crippen LogP contribution in [0.2, 0.25) is 0 Å². The van der Waals surface area contributed by atoms with Crippen LogP contribution in [0, 0.1) is 25.2 Å². The lowest BCUT2D eigenvalue weighted by atomic mass is 10.0. The van der Waals surface area contributed by atoms with Crippen LogP contribution < -0.4 is 10.3 Å². The molecule has 0 amide bonds. The van der Waals surface area contributed by atoms with E-state index in [4.69, 9.17) is 4.74 Å². The van der Waals surface area contributed by atoms with Crippen molar-refractivity contribution in [2.24, 2.45) is 0 Å². The largest absolute Gasteiger partial charge is 0.457 e. The van der Waals surface area contributed by atoms with Gasteiger partial charge in [-0.2, -0.15) is 18.4 Å². The molecule has 0 fully saturated rings. The van der Waals surface area contributed by atoms with Crippen molar-refractivity contribution < 1.29 is 17.9 Å². The summed E-state index contributed by atoms with van der Waals surface area (Å²) in [7, 11) is 0. The molecule has 0 saturated carbocycles. The molecular formula is C34H25F3N2O2. The molecule has 0 N–H and O–H groups in total. The number of aryl methyl sites for hydroxylation is 2. The smallest absolute Gasteiger partial charge is 0.417 e. The van der Waals surface area contributed by atoms with Gasteiger partial charge >= 0.3 is 6.18 Å². The first-order valence-electron chi connectivity index (χ1n) is 12.9. The average molecular weight is 551 g/mol. The molecule has 204 valence electrons. The summed E-state index contributed by atoms with van der Waals surface area (Å²) < 4.78 is 49.0. The molecule has 0 unspecified atom stereocenters. The van der Waals surface area contributed by atoms with Crippen LogP contribution in [0.1, 0.15) is 27.8 Å². The second-order valence-electron chi connectivity index (χ2n) is 9.77. The van der Waals surface area contributed by atoms with Crippen LogP contribution in [0.25, 0.3) is 22.4 Å². The zero-order valence-corrected chi connectivity index (χ0v) is 22.4. The summed E-state index contributed by atoms with van der Waals surface area (Å²) in [4.78, 5) is 13.3. The van der Waals surface area contributed by atoms with E-state index in [1.165, 1.54) is 10.6 Å². The van der Waals surface area contributed by atoms with Gasteiger partial charge in [-0.1, -0.05) is 66.2 Å². The highest BCUT2D eigenvalue weighted by molar-refractivity contribution is 5.66. The highest BCUT2D eigenvalue weighted by Crippen LogP contribution is 2.35. The minimum Gasteiger partial charge on any atom is -0.457 e. The van der Waals surface area contributed by atoms with Gasteiger partial charge in [-0.15, -0.1) is 0 Å². The SMILES string of the molecule is Cc1ccc(Cn2c(-c3ccc(Oc4cccc(-c5ccccc5)c4)cc3)cc(C(F)(F)F)c(C#N)c2=O)c(C)c1. The van der Waals surface area contributed by atoms with E-state index in [9.17, 15) is 23.2 Å². The zero-order chi connectivity index (χ0) is 29.1. The fourth-order valence-electron chi connectivity index (χ4n) is 4.77. The second-order valence-corrected chi connectivity index (χ2v) is 9.77. The van der Waals surface area contributed by atoms with E-state index >= 15 is 0 Å². The number of hydrogen-bond donors (Lipinski definition) is 0. The van der Waals surface area contributed by atoms with Crippen molar-refractivity contribution in [1.29, 1.82) is 5.26 Å². The van der Waals surface area contributed by atoms with Crippen LogP contribution in [0.15, 0.2) is 108 Å².